The summed E-state index contributed by atoms with van der Waals surface area (Å²) in [6.07, 6.45) is 1.18. The molecule has 3 nitrogen and oxygen atoms in total. The van der Waals surface area contributed by atoms with Gasteiger partial charge in [-0.2, -0.15) is 0 Å². The minimum atomic E-state index is 0.0741. The van der Waals surface area contributed by atoms with Gasteiger partial charge in [0, 0.05) is 18.3 Å². The fourth-order valence-corrected chi connectivity index (χ4v) is 3.29. The number of benzene rings is 1. The van der Waals surface area contributed by atoms with Crippen LogP contribution in [0.2, 0.25) is 0 Å². The second-order valence-electron chi connectivity index (χ2n) is 5.73. The molecule has 1 aromatic rings. The molecule has 0 radical (unpaired) electrons. The van der Waals surface area contributed by atoms with Crippen molar-refractivity contribution < 1.29 is 4.79 Å². The van der Waals surface area contributed by atoms with Crippen LogP contribution in [0.25, 0.3) is 0 Å². The Balaban J connectivity index is 2.30. The van der Waals surface area contributed by atoms with Gasteiger partial charge in [-0.05, 0) is 53.2 Å². The Hall–Kier alpha value is -1.03. The zero-order valence-electron chi connectivity index (χ0n) is 11.7. The molecule has 1 aliphatic rings. The Morgan fingerprint density at radius 1 is 1.37 bits per heavy atom. The molecule has 2 rings (SSSR count). The third-order valence-electron chi connectivity index (χ3n) is 4.12. The summed E-state index contributed by atoms with van der Waals surface area (Å²) in [4.78, 5) is 14.7. The maximum absolute atomic E-state index is 12.7. The molecule has 1 amide bonds. The Bertz CT molecular complexity index is 489. The SMILES string of the molecule is CC1CC(C)C(C)N(C(=O)c2cccc(N)c2Br)C1. The van der Waals surface area contributed by atoms with Gasteiger partial charge in [-0.25, -0.2) is 0 Å². The lowest BCUT2D eigenvalue weighted by atomic mass is 9.85. The van der Waals surface area contributed by atoms with Crippen LogP contribution in [0.4, 0.5) is 5.69 Å². The number of amides is 1. The van der Waals surface area contributed by atoms with E-state index in [4.69, 9.17) is 5.73 Å². The molecule has 0 bridgehead atoms. The van der Waals surface area contributed by atoms with Gasteiger partial charge in [0.25, 0.3) is 5.91 Å². The third-order valence-corrected chi connectivity index (χ3v) is 5.00. The standard InChI is InChI=1S/C15H21BrN2O/c1-9-7-10(2)11(3)18(8-9)15(19)12-5-4-6-13(17)14(12)16/h4-6,9-11H,7-8,17H2,1-3H3. The molecule has 2 N–H and O–H groups in total. The highest BCUT2D eigenvalue weighted by molar-refractivity contribution is 9.10. The molecule has 19 heavy (non-hydrogen) atoms. The van der Waals surface area contributed by atoms with Crippen LogP contribution in [0.5, 0.6) is 0 Å². The number of likely N-dealkylation sites (tertiary alicyclic amines) is 1. The van der Waals surface area contributed by atoms with Crippen LogP contribution >= 0.6 is 15.9 Å². The van der Waals surface area contributed by atoms with Gasteiger partial charge >= 0.3 is 0 Å². The lowest BCUT2D eigenvalue weighted by Gasteiger charge is -2.41. The number of hydrogen-bond acceptors (Lipinski definition) is 2. The third kappa shape index (κ3) is 2.78. The smallest absolute Gasteiger partial charge is 0.255 e. The molecule has 4 heteroatoms. The average Bonchev–Trinajstić information content (AvgIpc) is 2.36. The number of nitrogens with two attached hydrogens (primary N) is 1. The molecule has 1 aromatic carbocycles. The topological polar surface area (TPSA) is 46.3 Å². The summed E-state index contributed by atoms with van der Waals surface area (Å²) in [5.74, 6) is 1.16. The number of halogens is 1. The Labute approximate surface area is 123 Å². The lowest BCUT2D eigenvalue weighted by molar-refractivity contribution is 0.0455. The maximum atomic E-state index is 12.7. The van der Waals surface area contributed by atoms with E-state index in [1.165, 1.54) is 6.42 Å². The van der Waals surface area contributed by atoms with Gasteiger partial charge in [0.2, 0.25) is 0 Å². The molecule has 1 aliphatic heterocycles. The summed E-state index contributed by atoms with van der Waals surface area (Å²) in [7, 11) is 0. The predicted octanol–water partition coefficient (Wildman–Crippen LogP) is 3.54. The van der Waals surface area contributed by atoms with Crippen LogP contribution in [-0.4, -0.2) is 23.4 Å². The van der Waals surface area contributed by atoms with E-state index in [1.54, 1.807) is 6.07 Å². The summed E-state index contributed by atoms with van der Waals surface area (Å²) < 4.78 is 0.707. The van der Waals surface area contributed by atoms with E-state index in [-0.39, 0.29) is 11.9 Å². The van der Waals surface area contributed by atoms with E-state index in [9.17, 15) is 4.79 Å². The van der Waals surface area contributed by atoms with Crippen molar-refractivity contribution in [3.05, 3.63) is 28.2 Å². The molecule has 1 saturated heterocycles. The first-order chi connectivity index (χ1) is 8.91. The van der Waals surface area contributed by atoms with Gasteiger partial charge in [-0.3, -0.25) is 4.79 Å². The number of piperidine rings is 1. The minimum Gasteiger partial charge on any atom is -0.398 e. The Kier molecular flexibility index (Phi) is 4.19. The summed E-state index contributed by atoms with van der Waals surface area (Å²) in [6, 6.07) is 5.73. The first kappa shape index (κ1) is 14.4. The van der Waals surface area contributed by atoms with Gasteiger partial charge in [-0.1, -0.05) is 19.9 Å². The highest BCUT2D eigenvalue weighted by Crippen LogP contribution is 2.31. The van der Waals surface area contributed by atoms with Crippen LogP contribution in [0, 0.1) is 11.8 Å². The lowest BCUT2D eigenvalue weighted by Crippen LogP contribution is -2.48. The molecule has 104 valence electrons. The van der Waals surface area contributed by atoms with E-state index in [2.05, 4.69) is 36.7 Å². The number of anilines is 1. The molecule has 0 saturated carbocycles. The first-order valence-electron chi connectivity index (χ1n) is 6.76. The number of nitrogens with zero attached hydrogens (tertiary/aromatic N) is 1. The molecule has 1 heterocycles. The van der Waals surface area contributed by atoms with E-state index < -0.39 is 0 Å². The Morgan fingerprint density at radius 2 is 2.05 bits per heavy atom. The number of nitrogen functional groups attached to an aromatic ring is 1. The van der Waals surface area contributed by atoms with Crippen molar-refractivity contribution in [2.45, 2.75) is 33.2 Å². The molecule has 0 spiro atoms. The zero-order valence-corrected chi connectivity index (χ0v) is 13.3. The van der Waals surface area contributed by atoms with Gasteiger partial charge in [0.05, 0.1) is 10.0 Å². The molecule has 3 unspecified atom stereocenters. The monoisotopic (exact) mass is 324 g/mol. The predicted molar refractivity (Wildman–Crippen MR) is 82.0 cm³/mol. The maximum Gasteiger partial charge on any atom is 0.255 e. The Morgan fingerprint density at radius 3 is 2.74 bits per heavy atom. The normalized spacial score (nSPS) is 27.4. The second-order valence-corrected chi connectivity index (χ2v) is 6.52. The van der Waals surface area contributed by atoms with Gasteiger partial charge in [-0.15, -0.1) is 0 Å². The fourth-order valence-electron chi connectivity index (χ4n) is 2.85. The van der Waals surface area contributed by atoms with Crippen LogP contribution in [0.15, 0.2) is 22.7 Å². The largest absolute Gasteiger partial charge is 0.398 e. The average molecular weight is 325 g/mol. The van der Waals surface area contributed by atoms with E-state index in [0.717, 1.165) is 6.54 Å². The molecule has 0 aromatic heterocycles. The van der Waals surface area contributed by atoms with E-state index in [0.29, 0.717) is 27.6 Å². The number of carbonyl (C=O) groups is 1. The fraction of sp³-hybridized carbons (Fsp3) is 0.533. The number of rotatable bonds is 1. The van der Waals surface area contributed by atoms with Crippen molar-refractivity contribution in [3.8, 4) is 0 Å². The molecule has 0 aliphatic carbocycles. The summed E-state index contributed by atoms with van der Waals surface area (Å²) in [6.45, 7) is 7.38. The highest BCUT2D eigenvalue weighted by atomic mass is 79.9. The first-order valence-corrected chi connectivity index (χ1v) is 7.56. The van der Waals surface area contributed by atoms with Gasteiger partial charge in [0.15, 0.2) is 0 Å². The van der Waals surface area contributed by atoms with E-state index in [1.807, 2.05) is 17.0 Å². The summed E-state index contributed by atoms with van der Waals surface area (Å²) in [5.41, 5.74) is 7.13. The zero-order chi connectivity index (χ0) is 14.2. The van der Waals surface area contributed by atoms with Crippen molar-refractivity contribution in [1.82, 2.24) is 4.90 Å². The number of carbonyl (C=O) groups excluding carboxylic acids is 1. The second kappa shape index (κ2) is 5.53. The van der Waals surface area contributed by atoms with Crippen LogP contribution in [0.1, 0.15) is 37.6 Å². The molecule has 1 fully saturated rings. The van der Waals surface area contributed by atoms with Crippen molar-refractivity contribution >= 4 is 27.5 Å². The molecular weight excluding hydrogens is 304 g/mol. The molecule has 3 atom stereocenters. The highest BCUT2D eigenvalue weighted by Gasteiger charge is 2.33. The van der Waals surface area contributed by atoms with E-state index >= 15 is 0 Å². The van der Waals surface area contributed by atoms with Crippen molar-refractivity contribution in [1.29, 1.82) is 0 Å². The minimum absolute atomic E-state index is 0.0741. The number of hydrogen-bond donors (Lipinski definition) is 1. The van der Waals surface area contributed by atoms with Crippen LogP contribution < -0.4 is 5.73 Å². The molecular formula is C15H21BrN2O. The van der Waals surface area contributed by atoms with Gasteiger partial charge in [0.1, 0.15) is 0 Å². The summed E-state index contributed by atoms with van der Waals surface area (Å²) >= 11 is 3.43. The quantitative estimate of drug-likeness (QED) is 0.803. The van der Waals surface area contributed by atoms with Gasteiger partial charge < -0.3 is 10.6 Å². The van der Waals surface area contributed by atoms with Crippen molar-refractivity contribution in [3.63, 3.8) is 0 Å². The summed E-state index contributed by atoms with van der Waals surface area (Å²) in [5, 5.41) is 0. The van der Waals surface area contributed by atoms with Crippen molar-refractivity contribution in [2.75, 3.05) is 12.3 Å². The van der Waals surface area contributed by atoms with Crippen LogP contribution in [-0.2, 0) is 0 Å². The van der Waals surface area contributed by atoms with Crippen LogP contribution in [0.3, 0.4) is 0 Å². The van der Waals surface area contributed by atoms with Crippen molar-refractivity contribution in [2.24, 2.45) is 11.8 Å².